The first-order valence-corrected chi connectivity index (χ1v) is 13.5. The fourth-order valence-electron chi connectivity index (χ4n) is 6.35. The van der Waals surface area contributed by atoms with Crippen LogP contribution in [-0.2, 0) is 5.41 Å². The first-order valence-electron chi connectivity index (χ1n) is 13.5. The molecule has 0 saturated carbocycles. The normalized spacial score (nSPS) is 13.6. The topological polar surface area (TPSA) is 21.7 Å². The molecule has 0 amide bonds. The number of fused-ring (bicyclic) bond motifs is 4. The Morgan fingerprint density at radius 3 is 1.32 bits per heavy atom. The molecule has 2 aliphatic rings. The largest absolute Gasteiger partial charge is 0.457 e. The minimum absolute atomic E-state index is 0.585. The second-order valence-corrected chi connectivity index (χ2v) is 10.1. The molecule has 190 valence electrons. The molecule has 2 aliphatic heterocycles. The summed E-state index contributed by atoms with van der Waals surface area (Å²) in [6.07, 6.45) is 0. The van der Waals surface area contributed by atoms with Gasteiger partial charge in [0.05, 0.1) is 11.0 Å². The number of anilines is 3. The molecule has 0 unspecified atom stereocenters. The lowest BCUT2D eigenvalue weighted by Crippen LogP contribution is -2.37. The van der Waals surface area contributed by atoms with Gasteiger partial charge in [-0.2, -0.15) is 0 Å². The Balaban J connectivity index is 1.38. The number of ether oxygens (including phenoxy) is 2. The highest BCUT2D eigenvalue weighted by atomic mass is 16.5. The maximum atomic E-state index is 6.48. The molecule has 8 rings (SSSR count). The summed E-state index contributed by atoms with van der Waals surface area (Å²) in [5, 5.41) is 0. The van der Waals surface area contributed by atoms with Gasteiger partial charge in [0.1, 0.15) is 23.0 Å². The smallest absolute Gasteiger partial charge is 0.135 e. The summed E-state index contributed by atoms with van der Waals surface area (Å²) in [5.74, 6) is 3.38. The van der Waals surface area contributed by atoms with Crippen molar-refractivity contribution in [2.45, 2.75) is 5.41 Å². The average molecular weight is 516 g/mol. The average Bonchev–Trinajstić information content (AvgIpc) is 3.02. The molecule has 0 aliphatic carbocycles. The van der Waals surface area contributed by atoms with E-state index in [1.807, 2.05) is 30.3 Å². The van der Waals surface area contributed by atoms with Gasteiger partial charge in [-0.1, -0.05) is 91.0 Å². The Morgan fingerprint density at radius 1 is 0.375 bits per heavy atom. The standard InChI is InChI=1S/C37H25NO2/c1-3-12-27(13-4-1)38(28-14-5-2-6-15-28)29-24-22-26(23-25-29)37-30-16-7-9-18-32(30)39-34-20-11-21-35(36(34)37)40-33-19-10-8-17-31(33)37/h1-25H. The molecule has 0 fully saturated rings. The quantitative estimate of drug-likeness (QED) is 0.233. The number of nitrogens with zero attached hydrogens (tertiary/aromatic N) is 1. The fourth-order valence-corrected chi connectivity index (χ4v) is 6.35. The van der Waals surface area contributed by atoms with Crippen LogP contribution >= 0.6 is 0 Å². The number of rotatable bonds is 4. The SMILES string of the molecule is c1ccc(N(c2ccccc2)c2ccc(C34c5ccccc5Oc5cccc(c53)Oc3ccccc34)cc2)cc1. The molecule has 0 aromatic heterocycles. The molecule has 40 heavy (non-hydrogen) atoms. The van der Waals surface area contributed by atoms with Crippen LogP contribution in [-0.4, -0.2) is 0 Å². The molecular formula is C37H25NO2. The summed E-state index contributed by atoms with van der Waals surface area (Å²) in [6.45, 7) is 0. The summed E-state index contributed by atoms with van der Waals surface area (Å²) in [6, 6.07) is 52.8. The van der Waals surface area contributed by atoms with Gasteiger partial charge in [-0.25, -0.2) is 0 Å². The van der Waals surface area contributed by atoms with E-state index in [0.29, 0.717) is 0 Å². The maximum absolute atomic E-state index is 6.48. The maximum Gasteiger partial charge on any atom is 0.135 e. The van der Waals surface area contributed by atoms with Gasteiger partial charge in [0.15, 0.2) is 0 Å². The van der Waals surface area contributed by atoms with Crippen molar-refractivity contribution in [3.05, 3.63) is 174 Å². The van der Waals surface area contributed by atoms with Crippen molar-refractivity contribution >= 4 is 17.1 Å². The summed E-state index contributed by atoms with van der Waals surface area (Å²) in [5.41, 5.74) is 7.16. The summed E-state index contributed by atoms with van der Waals surface area (Å²) < 4.78 is 13.0. The first kappa shape index (κ1) is 22.7. The van der Waals surface area contributed by atoms with Crippen LogP contribution in [0.5, 0.6) is 23.0 Å². The van der Waals surface area contributed by atoms with E-state index in [1.165, 1.54) is 0 Å². The molecule has 0 radical (unpaired) electrons. The van der Waals surface area contributed by atoms with Crippen molar-refractivity contribution in [2.24, 2.45) is 0 Å². The number of benzene rings is 6. The van der Waals surface area contributed by atoms with Crippen molar-refractivity contribution in [1.29, 1.82) is 0 Å². The van der Waals surface area contributed by atoms with E-state index in [0.717, 1.165) is 62.3 Å². The number of hydrogen-bond acceptors (Lipinski definition) is 3. The number of hydrogen-bond donors (Lipinski definition) is 0. The third kappa shape index (κ3) is 3.25. The van der Waals surface area contributed by atoms with Crippen molar-refractivity contribution in [3.63, 3.8) is 0 Å². The summed E-state index contributed by atoms with van der Waals surface area (Å²) in [7, 11) is 0. The van der Waals surface area contributed by atoms with Crippen LogP contribution < -0.4 is 14.4 Å². The van der Waals surface area contributed by atoms with Gasteiger partial charge in [-0.05, 0) is 66.2 Å². The second-order valence-electron chi connectivity index (χ2n) is 10.1. The summed E-state index contributed by atoms with van der Waals surface area (Å²) >= 11 is 0. The minimum Gasteiger partial charge on any atom is -0.457 e. The monoisotopic (exact) mass is 515 g/mol. The zero-order valence-electron chi connectivity index (χ0n) is 21.7. The Bertz CT molecular complexity index is 1740. The van der Waals surface area contributed by atoms with Crippen LogP contribution in [0.25, 0.3) is 0 Å². The first-order chi connectivity index (χ1) is 19.8. The molecule has 0 atom stereocenters. The molecule has 0 saturated heterocycles. The van der Waals surface area contributed by atoms with Crippen molar-refractivity contribution in [1.82, 2.24) is 0 Å². The second kappa shape index (κ2) is 8.89. The lowest BCUT2D eigenvalue weighted by molar-refractivity contribution is 0.385. The van der Waals surface area contributed by atoms with E-state index in [-0.39, 0.29) is 0 Å². The van der Waals surface area contributed by atoms with Gasteiger partial charge in [-0.15, -0.1) is 0 Å². The Labute approximate surface area is 233 Å². The zero-order valence-corrected chi connectivity index (χ0v) is 21.7. The van der Waals surface area contributed by atoms with Crippen molar-refractivity contribution in [3.8, 4) is 23.0 Å². The van der Waals surface area contributed by atoms with Crippen LogP contribution in [0.15, 0.2) is 152 Å². The van der Waals surface area contributed by atoms with E-state index in [1.54, 1.807) is 0 Å². The van der Waals surface area contributed by atoms with Gasteiger partial charge in [0, 0.05) is 28.2 Å². The van der Waals surface area contributed by atoms with Gasteiger partial charge in [-0.3, -0.25) is 0 Å². The molecule has 0 bridgehead atoms. The van der Waals surface area contributed by atoms with Gasteiger partial charge < -0.3 is 14.4 Å². The lowest BCUT2D eigenvalue weighted by Gasteiger charge is -2.45. The van der Waals surface area contributed by atoms with Gasteiger partial charge >= 0.3 is 0 Å². The third-order valence-corrected chi connectivity index (χ3v) is 7.97. The number of para-hydroxylation sites is 4. The van der Waals surface area contributed by atoms with Gasteiger partial charge in [0.2, 0.25) is 0 Å². The molecular weight excluding hydrogens is 490 g/mol. The predicted molar refractivity (Wildman–Crippen MR) is 160 cm³/mol. The Hall–Kier alpha value is -5.28. The fraction of sp³-hybridized carbons (Fsp3) is 0.0270. The Kier molecular flexibility index (Phi) is 5.04. The van der Waals surface area contributed by atoms with Crippen LogP contribution in [0.4, 0.5) is 17.1 Å². The van der Waals surface area contributed by atoms with E-state index in [4.69, 9.17) is 9.47 Å². The van der Waals surface area contributed by atoms with Crippen LogP contribution in [0, 0.1) is 0 Å². The van der Waals surface area contributed by atoms with Crippen LogP contribution in [0.1, 0.15) is 22.3 Å². The molecule has 6 aromatic carbocycles. The van der Waals surface area contributed by atoms with Crippen LogP contribution in [0.2, 0.25) is 0 Å². The predicted octanol–water partition coefficient (Wildman–Crippen LogP) is 9.75. The molecule has 2 heterocycles. The zero-order chi connectivity index (χ0) is 26.5. The highest BCUT2D eigenvalue weighted by Crippen LogP contribution is 2.62. The van der Waals surface area contributed by atoms with E-state index in [2.05, 4.69) is 126 Å². The highest BCUT2D eigenvalue weighted by molar-refractivity contribution is 5.79. The molecule has 0 N–H and O–H groups in total. The lowest BCUT2D eigenvalue weighted by atomic mass is 9.62. The molecule has 3 nitrogen and oxygen atoms in total. The van der Waals surface area contributed by atoms with Crippen LogP contribution in [0.3, 0.4) is 0 Å². The van der Waals surface area contributed by atoms with Crippen molar-refractivity contribution in [2.75, 3.05) is 4.90 Å². The molecule has 3 heteroatoms. The van der Waals surface area contributed by atoms with E-state index in [9.17, 15) is 0 Å². The molecule has 0 spiro atoms. The summed E-state index contributed by atoms with van der Waals surface area (Å²) in [4.78, 5) is 2.29. The Morgan fingerprint density at radius 2 is 0.800 bits per heavy atom. The minimum atomic E-state index is -0.585. The van der Waals surface area contributed by atoms with Crippen molar-refractivity contribution < 1.29 is 9.47 Å². The van der Waals surface area contributed by atoms with E-state index < -0.39 is 5.41 Å². The van der Waals surface area contributed by atoms with E-state index >= 15 is 0 Å². The third-order valence-electron chi connectivity index (χ3n) is 7.97. The molecule has 6 aromatic rings. The van der Waals surface area contributed by atoms with Gasteiger partial charge in [0.25, 0.3) is 0 Å². The highest BCUT2D eigenvalue weighted by Gasteiger charge is 2.51.